The fraction of sp³-hybridized carbons (Fsp3) is 0.387. The van der Waals surface area contributed by atoms with E-state index in [-0.39, 0.29) is 25.0 Å². The molecule has 0 bridgehead atoms. The zero-order chi connectivity index (χ0) is 27.5. The van der Waals surface area contributed by atoms with Gasteiger partial charge in [-0.2, -0.15) is 0 Å². The molecular formula is C31H34O8. The van der Waals surface area contributed by atoms with Crippen molar-refractivity contribution in [3.8, 4) is 28.4 Å². The molecule has 1 saturated heterocycles. The molecule has 0 spiro atoms. The minimum Gasteiger partial charge on any atom is -0.492 e. The molecule has 1 unspecified atom stereocenters. The first-order valence-corrected chi connectivity index (χ1v) is 13.2. The van der Waals surface area contributed by atoms with Crippen LogP contribution in [0.3, 0.4) is 0 Å². The fourth-order valence-electron chi connectivity index (χ4n) is 5.32. The van der Waals surface area contributed by atoms with E-state index < -0.39 is 18.2 Å². The van der Waals surface area contributed by atoms with Crippen LogP contribution in [0.2, 0.25) is 0 Å². The van der Waals surface area contributed by atoms with Gasteiger partial charge in [0.1, 0.15) is 36.6 Å². The zero-order valence-corrected chi connectivity index (χ0v) is 22.1. The molecule has 5 rings (SSSR count). The number of rotatable bonds is 9. The maximum absolute atomic E-state index is 11.1. The number of hydrogen-bond acceptors (Lipinski definition) is 7. The number of benzene rings is 3. The van der Waals surface area contributed by atoms with Gasteiger partial charge in [-0.3, -0.25) is 4.79 Å². The van der Waals surface area contributed by atoms with E-state index in [1.54, 1.807) is 0 Å². The third-order valence-corrected chi connectivity index (χ3v) is 7.30. The van der Waals surface area contributed by atoms with E-state index in [9.17, 15) is 15.0 Å². The number of aliphatic carboxylic acids is 1. The summed E-state index contributed by atoms with van der Waals surface area (Å²) in [7, 11) is 0. The topological polar surface area (TPSA) is 115 Å². The van der Waals surface area contributed by atoms with Crippen molar-refractivity contribution in [3.05, 3.63) is 76.9 Å². The van der Waals surface area contributed by atoms with Crippen molar-refractivity contribution >= 4 is 5.97 Å². The van der Waals surface area contributed by atoms with Crippen LogP contribution < -0.4 is 14.2 Å². The number of ether oxygens (including phenoxy) is 4. The summed E-state index contributed by atoms with van der Waals surface area (Å²) in [6, 6.07) is 17.8. The zero-order valence-electron chi connectivity index (χ0n) is 22.1. The highest BCUT2D eigenvalue weighted by Gasteiger charge is 2.29. The van der Waals surface area contributed by atoms with Crippen LogP contribution in [-0.4, -0.2) is 59.4 Å². The first-order valence-electron chi connectivity index (χ1n) is 13.2. The molecule has 0 aromatic heterocycles. The second kappa shape index (κ2) is 11.7. The molecule has 3 aromatic rings. The molecule has 2 aliphatic heterocycles. The molecule has 1 fully saturated rings. The standard InChI is InChI=1S/C31H34O8/c1-18-8-24(37-16-25-12-27(32)28(33)17-38-25)9-19(2)31(18)21-5-3-4-20(10-21)14-36-23-6-7-26-22(11-30(34)35)15-39-29(26)13-23/h3-10,13,22,25,27-28,32-33H,11-12,14-17H2,1-2H3,(H,34,35)/t22?,25-,27-,28+/m1/s1. The third kappa shape index (κ3) is 6.36. The molecule has 8 nitrogen and oxygen atoms in total. The van der Waals surface area contributed by atoms with E-state index in [1.807, 2.05) is 42.5 Å². The Kier molecular flexibility index (Phi) is 8.07. The van der Waals surface area contributed by atoms with Crippen molar-refractivity contribution < 1.29 is 39.1 Å². The summed E-state index contributed by atoms with van der Waals surface area (Å²) in [4.78, 5) is 11.1. The highest BCUT2D eigenvalue weighted by molar-refractivity contribution is 5.72. The van der Waals surface area contributed by atoms with Gasteiger partial charge in [-0.05, 0) is 65.9 Å². The van der Waals surface area contributed by atoms with Gasteiger partial charge in [-0.15, -0.1) is 0 Å². The Hall–Kier alpha value is -3.59. The van der Waals surface area contributed by atoms with Crippen LogP contribution in [0.15, 0.2) is 54.6 Å². The molecule has 0 radical (unpaired) electrons. The van der Waals surface area contributed by atoms with Crippen molar-refractivity contribution in [1.82, 2.24) is 0 Å². The Morgan fingerprint density at radius 1 is 0.949 bits per heavy atom. The number of aliphatic hydroxyl groups excluding tert-OH is 2. The summed E-state index contributed by atoms with van der Waals surface area (Å²) in [6.45, 7) is 5.28. The van der Waals surface area contributed by atoms with Gasteiger partial charge in [0.25, 0.3) is 0 Å². The van der Waals surface area contributed by atoms with Crippen molar-refractivity contribution in [2.75, 3.05) is 19.8 Å². The lowest BCUT2D eigenvalue weighted by atomic mass is 9.94. The number of carboxylic acid groups (broad SMARTS) is 1. The van der Waals surface area contributed by atoms with Crippen LogP contribution in [0.4, 0.5) is 0 Å². The van der Waals surface area contributed by atoms with Gasteiger partial charge in [-0.1, -0.05) is 24.3 Å². The Morgan fingerprint density at radius 3 is 2.49 bits per heavy atom. The summed E-state index contributed by atoms with van der Waals surface area (Å²) in [5, 5.41) is 28.6. The van der Waals surface area contributed by atoms with E-state index >= 15 is 0 Å². The number of carboxylic acids is 1. The van der Waals surface area contributed by atoms with Crippen molar-refractivity contribution in [3.63, 3.8) is 0 Å². The summed E-state index contributed by atoms with van der Waals surface area (Å²) in [6.07, 6.45) is -1.50. The molecule has 4 atom stereocenters. The molecule has 3 N–H and O–H groups in total. The number of aryl methyl sites for hydroxylation is 2. The highest BCUT2D eigenvalue weighted by Crippen LogP contribution is 2.38. The molecule has 2 aliphatic rings. The molecule has 0 amide bonds. The molecule has 8 heteroatoms. The predicted molar refractivity (Wildman–Crippen MR) is 144 cm³/mol. The lowest BCUT2D eigenvalue weighted by Crippen LogP contribution is -2.43. The van der Waals surface area contributed by atoms with Crippen LogP contribution in [-0.2, 0) is 16.1 Å². The third-order valence-electron chi connectivity index (χ3n) is 7.30. The molecule has 2 heterocycles. The highest BCUT2D eigenvalue weighted by atomic mass is 16.5. The minimum atomic E-state index is -0.841. The number of fused-ring (bicyclic) bond motifs is 1. The molecule has 0 aliphatic carbocycles. The van der Waals surface area contributed by atoms with E-state index in [2.05, 4.69) is 26.0 Å². The van der Waals surface area contributed by atoms with E-state index in [0.29, 0.717) is 37.7 Å². The number of carbonyl (C=O) groups is 1. The van der Waals surface area contributed by atoms with Gasteiger partial charge in [0.15, 0.2) is 0 Å². The maximum atomic E-state index is 11.1. The van der Waals surface area contributed by atoms with Gasteiger partial charge in [-0.25, -0.2) is 0 Å². The summed E-state index contributed by atoms with van der Waals surface area (Å²) in [5.74, 6) is 1.13. The smallest absolute Gasteiger partial charge is 0.304 e. The quantitative estimate of drug-likeness (QED) is 0.370. The van der Waals surface area contributed by atoms with E-state index in [0.717, 1.165) is 39.1 Å². The molecule has 0 saturated carbocycles. The first kappa shape index (κ1) is 27.0. The Labute approximate surface area is 227 Å². The summed E-state index contributed by atoms with van der Waals surface area (Å²) < 4.78 is 23.3. The largest absolute Gasteiger partial charge is 0.492 e. The second-order valence-corrected chi connectivity index (χ2v) is 10.4. The van der Waals surface area contributed by atoms with Gasteiger partial charge in [0.05, 0.1) is 31.8 Å². The minimum absolute atomic E-state index is 0.0516. The van der Waals surface area contributed by atoms with Gasteiger partial charge < -0.3 is 34.3 Å². The van der Waals surface area contributed by atoms with Crippen LogP contribution in [0.1, 0.15) is 41.0 Å². The van der Waals surface area contributed by atoms with Crippen LogP contribution >= 0.6 is 0 Å². The van der Waals surface area contributed by atoms with Crippen molar-refractivity contribution in [1.29, 1.82) is 0 Å². The molecule has 39 heavy (non-hydrogen) atoms. The van der Waals surface area contributed by atoms with Crippen molar-refractivity contribution in [2.45, 2.75) is 57.5 Å². The van der Waals surface area contributed by atoms with E-state index in [4.69, 9.17) is 24.1 Å². The Morgan fingerprint density at radius 2 is 1.74 bits per heavy atom. The van der Waals surface area contributed by atoms with Gasteiger partial charge in [0, 0.05) is 24.0 Å². The van der Waals surface area contributed by atoms with Crippen molar-refractivity contribution in [2.24, 2.45) is 0 Å². The lowest BCUT2D eigenvalue weighted by molar-refractivity contribution is -0.137. The lowest BCUT2D eigenvalue weighted by Gasteiger charge is -2.30. The van der Waals surface area contributed by atoms with Gasteiger partial charge >= 0.3 is 5.97 Å². The average molecular weight is 535 g/mol. The predicted octanol–water partition coefficient (Wildman–Crippen LogP) is 4.39. The van der Waals surface area contributed by atoms with E-state index in [1.165, 1.54) is 0 Å². The number of aliphatic hydroxyl groups is 2. The molecular weight excluding hydrogens is 500 g/mol. The first-order chi connectivity index (χ1) is 18.8. The molecule has 3 aromatic carbocycles. The summed E-state index contributed by atoms with van der Waals surface area (Å²) >= 11 is 0. The molecule has 206 valence electrons. The maximum Gasteiger partial charge on any atom is 0.304 e. The normalized spacial score (nSPS) is 22.2. The average Bonchev–Trinajstić information content (AvgIpc) is 3.29. The SMILES string of the molecule is Cc1cc(OC[C@H]2C[C@@H](O)[C@@H](O)CO2)cc(C)c1-c1cccc(COc2ccc3c(c2)OCC3CC(=O)O)c1. The van der Waals surface area contributed by atoms with Crippen LogP contribution in [0.5, 0.6) is 17.2 Å². The van der Waals surface area contributed by atoms with Crippen LogP contribution in [0, 0.1) is 13.8 Å². The number of hydrogen-bond donors (Lipinski definition) is 3. The Bertz CT molecular complexity index is 1310. The fourth-order valence-corrected chi connectivity index (χ4v) is 5.32. The summed E-state index contributed by atoms with van der Waals surface area (Å²) in [5.41, 5.74) is 6.30. The monoisotopic (exact) mass is 534 g/mol. The van der Waals surface area contributed by atoms with Gasteiger partial charge in [0.2, 0.25) is 0 Å². The van der Waals surface area contributed by atoms with Crippen LogP contribution in [0.25, 0.3) is 11.1 Å². The Balaban J connectivity index is 1.23. The second-order valence-electron chi connectivity index (χ2n) is 10.4.